The summed E-state index contributed by atoms with van der Waals surface area (Å²) in [5.41, 5.74) is 1.50. The van der Waals surface area contributed by atoms with Gasteiger partial charge in [-0.1, -0.05) is 49.6 Å². The Morgan fingerprint density at radius 3 is 2.95 bits per heavy atom. The van der Waals surface area contributed by atoms with E-state index in [4.69, 9.17) is 4.74 Å². The maximum absolute atomic E-state index is 12.1. The molecule has 0 aromatic heterocycles. The minimum absolute atomic E-state index is 0.0188. The molecule has 20 heavy (non-hydrogen) atoms. The zero-order valence-corrected chi connectivity index (χ0v) is 12.3. The molecule has 1 fully saturated rings. The van der Waals surface area contributed by atoms with E-state index in [0.717, 1.165) is 6.42 Å². The van der Waals surface area contributed by atoms with Crippen molar-refractivity contribution < 1.29 is 9.53 Å². The molecular formula is C18H24O2. The highest BCUT2D eigenvalue weighted by Gasteiger charge is 2.44. The Hall–Kier alpha value is -1.31. The molecule has 108 valence electrons. The summed E-state index contributed by atoms with van der Waals surface area (Å²) in [4.78, 5) is 12.1. The first kappa shape index (κ1) is 13.7. The zero-order valence-electron chi connectivity index (χ0n) is 12.3. The number of hydrogen-bond acceptors (Lipinski definition) is 2. The van der Waals surface area contributed by atoms with Crippen LogP contribution in [-0.4, -0.2) is 12.1 Å². The van der Waals surface area contributed by atoms with Gasteiger partial charge in [-0.3, -0.25) is 4.79 Å². The molecule has 0 spiro atoms. The lowest BCUT2D eigenvalue weighted by Gasteiger charge is -2.42. The van der Waals surface area contributed by atoms with Gasteiger partial charge in [-0.15, -0.1) is 0 Å². The number of rotatable bonds is 4. The van der Waals surface area contributed by atoms with Crippen LogP contribution in [0.1, 0.15) is 45.4 Å². The quantitative estimate of drug-likeness (QED) is 0.436. The first-order valence-corrected chi connectivity index (χ1v) is 8.04. The van der Waals surface area contributed by atoms with Crippen molar-refractivity contribution in [3.05, 3.63) is 36.0 Å². The van der Waals surface area contributed by atoms with Crippen LogP contribution in [0.4, 0.5) is 0 Å². The average Bonchev–Trinajstić information content (AvgIpc) is 2.48. The molecule has 0 bridgehead atoms. The lowest BCUT2D eigenvalue weighted by atomic mass is 9.69. The second-order valence-corrected chi connectivity index (χ2v) is 6.26. The van der Waals surface area contributed by atoms with Crippen molar-refractivity contribution in [1.29, 1.82) is 0 Å². The minimum Gasteiger partial charge on any atom is -0.457 e. The molecule has 4 atom stereocenters. The van der Waals surface area contributed by atoms with Gasteiger partial charge in [0.15, 0.2) is 0 Å². The van der Waals surface area contributed by atoms with Crippen molar-refractivity contribution in [1.82, 2.24) is 0 Å². The van der Waals surface area contributed by atoms with Crippen molar-refractivity contribution in [2.75, 3.05) is 0 Å². The van der Waals surface area contributed by atoms with Crippen LogP contribution >= 0.6 is 0 Å². The Morgan fingerprint density at radius 1 is 1.25 bits per heavy atom. The number of hydrogen-bond donors (Lipinski definition) is 0. The summed E-state index contributed by atoms with van der Waals surface area (Å²) >= 11 is 0. The Morgan fingerprint density at radius 2 is 2.10 bits per heavy atom. The molecule has 0 aromatic carbocycles. The summed E-state index contributed by atoms with van der Waals surface area (Å²) in [7, 11) is 0. The third kappa shape index (κ3) is 2.61. The summed E-state index contributed by atoms with van der Waals surface area (Å²) < 4.78 is 5.70. The maximum Gasteiger partial charge on any atom is 0.314 e. The Labute approximate surface area is 121 Å². The SMILES string of the molecule is CCCCCC1=CC2OC(=O)C3C=CC=CC3C2CC1. The van der Waals surface area contributed by atoms with Crippen molar-refractivity contribution in [2.24, 2.45) is 17.8 Å². The van der Waals surface area contributed by atoms with Gasteiger partial charge in [0.1, 0.15) is 6.10 Å². The molecule has 0 radical (unpaired) electrons. The zero-order chi connectivity index (χ0) is 13.9. The van der Waals surface area contributed by atoms with Crippen LogP contribution in [0.5, 0.6) is 0 Å². The summed E-state index contributed by atoms with van der Waals surface area (Å²) in [5.74, 6) is 0.743. The van der Waals surface area contributed by atoms with Crippen molar-refractivity contribution in [3.8, 4) is 0 Å². The fraction of sp³-hybridized carbons (Fsp3) is 0.611. The maximum atomic E-state index is 12.1. The first-order chi connectivity index (χ1) is 9.79. The second-order valence-electron chi connectivity index (χ2n) is 6.26. The van der Waals surface area contributed by atoms with Crippen LogP contribution < -0.4 is 0 Å². The molecule has 2 heteroatoms. The van der Waals surface area contributed by atoms with Crippen LogP contribution in [0.15, 0.2) is 36.0 Å². The van der Waals surface area contributed by atoms with Crippen LogP contribution in [0.2, 0.25) is 0 Å². The predicted molar refractivity (Wildman–Crippen MR) is 80.1 cm³/mol. The molecule has 3 aliphatic rings. The monoisotopic (exact) mass is 272 g/mol. The van der Waals surface area contributed by atoms with E-state index in [1.807, 2.05) is 12.2 Å². The number of esters is 1. The fourth-order valence-corrected chi connectivity index (χ4v) is 3.78. The normalized spacial score (nSPS) is 35.0. The van der Waals surface area contributed by atoms with Crippen molar-refractivity contribution in [3.63, 3.8) is 0 Å². The van der Waals surface area contributed by atoms with Gasteiger partial charge in [0.25, 0.3) is 0 Å². The predicted octanol–water partition coefficient (Wildman–Crippen LogP) is 4.19. The Bertz CT molecular complexity index is 458. The summed E-state index contributed by atoms with van der Waals surface area (Å²) in [6.07, 6.45) is 17.9. The lowest BCUT2D eigenvalue weighted by Crippen LogP contribution is -2.45. The summed E-state index contributed by atoms with van der Waals surface area (Å²) in [6, 6.07) is 0. The van der Waals surface area contributed by atoms with Gasteiger partial charge in [-0.05, 0) is 31.8 Å². The second kappa shape index (κ2) is 5.99. The van der Waals surface area contributed by atoms with E-state index in [-0.39, 0.29) is 18.0 Å². The van der Waals surface area contributed by atoms with E-state index >= 15 is 0 Å². The molecule has 2 nitrogen and oxygen atoms in total. The van der Waals surface area contributed by atoms with Gasteiger partial charge in [0.05, 0.1) is 5.92 Å². The molecule has 1 aliphatic heterocycles. The number of ether oxygens (including phenoxy) is 1. The average molecular weight is 272 g/mol. The topological polar surface area (TPSA) is 26.3 Å². The smallest absolute Gasteiger partial charge is 0.314 e. The number of allylic oxidation sites excluding steroid dienone is 4. The van der Waals surface area contributed by atoms with E-state index < -0.39 is 0 Å². The van der Waals surface area contributed by atoms with Crippen LogP contribution in [-0.2, 0) is 9.53 Å². The molecule has 0 saturated carbocycles. The molecule has 0 amide bonds. The summed E-state index contributed by atoms with van der Waals surface area (Å²) in [6.45, 7) is 2.23. The Balaban J connectivity index is 1.71. The fourth-order valence-electron chi connectivity index (χ4n) is 3.78. The van der Waals surface area contributed by atoms with Gasteiger partial charge in [0, 0.05) is 11.8 Å². The number of unbranched alkanes of at least 4 members (excludes halogenated alkanes) is 2. The number of carbonyl (C=O) groups is 1. The van der Waals surface area contributed by atoms with Gasteiger partial charge in [0.2, 0.25) is 0 Å². The van der Waals surface area contributed by atoms with E-state index in [1.165, 1.54) is 37.7 Å². The van der Waals surface area contributed by atoms with Gasteiger partial charge in [-0.2, -0.15) is 0 Å². The molecule has 1 saturated heterocycles. The molecule has 4 unspecified atom stereocenters. The minimum atomic E-state index is -0.0451. The van der Waals surface area contributed by atoms with Crippen molar-refractivity contribution >= 4 is 5.97 Å². The van der Waals surface area contributed by atoms with Crippen LogP contribution in [0, 0.1) is 17.8 Å². The number of carbonyl (C=O) groups excluding carboxylic acids is 1. The highest BCUT2D eigenvalue weighted by atomic mass is 16.5. The van der Waals surface area contributed by atoms with Crippen LogP contribution in [0.3, 0.4) is 0 Å². The summed E-state index contributed by atoms with van der Waals surface area (Å²) in [5, 5.41) is 0. The molecule has 2 aliphatic carbocycles. The van der Waals surface area contributed by atoms with E-state index in [9.17, 15) is 4.79 Å². The Kier molecular flexibility index (Phi) is 4.09. The van der Waals surface area contributed by atoms with Gasteiger partial charge >= 0.3 is 5.97 Å². The van der Waals surface area contributed by atoms with E-state index in [0.29, 0.717) is 11.8 Å². The van der Waals surface area contributed by atoms with E-state index in [2.05, 4.69) is 25.2 Å². The highest BCUT2D eigenvalue weighted by Crippen LogP contribution is 2.42. The van der Waals surface area contributed by atoms with Gasteiger partial charge < -0.3 is 4.74 Å². The highest BCUT2D eigenvalue weighted by molar-refractivity contribution is 5.77. The van der Waals surface area contributed by atoms with Crippen molar-refractivity contribution in [2.45, 2.75) is 51.6 Å². The van der Waals surface area contributed by atoms with Crippen LogP contribution in [0.25, 0.3) is 0 Å². The standard InChI is InChI=1S/C18H24O2/c1-2-3-4-7-13-10-11-15-14-8-5-6-9-16(14)18(19)20-17(15)12-13/h5-6,8-9,12,14-17H,2-4,7,10-11H2,1H3. The molecular weight excluding hydrogens is 248 g/mol. The largest absolute Gasteiger partial charge is 0.457 e. The molecule has 0 N–H and O–H groups in total. The van der Waals surface area contributed by atoms with Gasteiger partial charge in [-0.25, -0.2) is 0 Å². The third-order valence-corrected chi connectivity index (χ3v) is 4.92. The molecule has 3 rings (SSSR count). The van der Waals surface area contributed by atoms with E-state index in [1.54, 1.807) is 0 Å². The lowest BCUT2D eigenvalue weighted by molar-refractivity contribution is -0.163. The third-order valence-electron chi connectivity index (χ3n) is 4.92. The molecule has 0 aromatic rings. The molecule has 1 heterocycles. The number of fused-ring (bicyclic) bond motifs is 3. The first-order valence-electron chi connectivity index (χ1n) is 8.04.